The van der Waals surface area contributed by atoms with Gasteiger partial charge in [-0.1, -0.05) is 23.7 Å². The average Bonchev–Trinajstić information content (AvgIpc) is 2.28. The van der Waals surface area contributed by atoms with Crippen molar-refractivity contribution in [2.24, 2.45) is 0 Å². The monoisotopic (exact) mass is 237 g/mol. The molecule has 0 radical (unpaired) electrons. The van der Waals surface area contributed by atoms with Crippen LogP contribution in [0.4, 0.5) is 5.69 Å². The van der Waals surface area contributed by atoms with Crippen LogP contribution in [0, 0.1) is 11.3 Å². The van der Waals surface area contributed by atoms with Crippen LogP contribution in [0.15, 0.2) is 24.3 Å². The SMILES string of the molecule is N#CCCNC(=O)CNc1ccccc1Cl. The van der Waals surface area contributed by atoms with Crippen LogP contribution >= 0.6 is 11.6 Å². The Morgan fingerprint density at radius 3 is 2.88 bits per heavy atom. The molecule has 0 aliphatic heterocycles. The molecule has 0 aliphatic carbocycles. The van der Waals surface area contributed by atoms with Crippen LogP contribution in [0.2, 0.25) is 5.02 Å². The fourth-order valence-electron chi connectivity index (χ4n) is 1.10. The highest BCUT2D eigenvalue weighted by Crippen LogP contribution is 2.19. The third-order valence-corrected chi connectivity index (χ3v) is 2.20. The lowest BCUT2D eigenvalue weighted by Crippen LogP contribution is -2.30. The maximum absolute atomic E-state index is 11.3. The van der Waals surface area contributed by atoms with Crippen LogP contribution in [-0.4, -0.2) is 19.0 Å². The summed E-state index contributed by atoms with van der Waals surface area (Å²) in [6, 6.07) is 9.15. The minimum absolute atomic E-state index is 0.148. The van der Waals surface area contributed by atoms with Gasteiger partial charge < -0.3 is 10.6 Å². The van der Waals surface area contributed by atoms with Gasteiger partial charge in [0.15, 0.2) is 0 Å². The fourth-order valence-corrected chi connectivity index (χ4v) is 1.30. The van der Waals surface area contributed by atoms with Crippen molar-refractivity contribution >= 4 is 23.2 Å². The van der Waals surface area contributed by atoms with Gasteiger partial charge in [0, 0.05) is 6.54 Å². The first-order valence-electron chi connectivity index (χ1n) is 4.86. The second kappa shape index (κ2) is 6.70. The van der Waals surface area contributed by atoms with E-state index in [1.165, 1.54) is 0 Å². The summed E-state index contributed by atoms with van der Waals surface area (Å²) >= 11 is 5.90. The lowest BCUT2D eigenvalue weighted by Gasteiger charge is -2.07. The molecule has 0 heterocycles. The number of halogens is 1. The summed E-state index contributed by atoms with van der Waals surface area (Å²) in [5, 5.41) is 14.4. The molecule has 1 amide bonds. The van der Waals surface area contributed by atoms with E-state index >= 15 is 0 Å². The molecule has 0 aliphatic rings. The summed E-state index contributed by atoms with van der Waals surface area (Å²) in [6.45, 7) is 0.523. The number of rotatable bonds is 5. The van der Waals surface area contributed by atoms with E-state index in [2.05, 4.69) is 10.6 Å². The zero-order valence-corrected chi connectivity index (χ0v) is 9.42. The molecule has 0 saturated heterocycles. The molecular weight excluding hydrogens is 226 g/mol. The smallest absolute Gasteiger partial charge is 0.239 e. The van der Waals surface area contributed by atoms with E-state index < -0.39 is 0 Å². The lowest BCUT2D eigenvalue weighted by atomic mass is 10.3. The van der Waals surface area contributed by atoms with Gasteiger partial charge in [0.25, 0.3) is 0 Å². The highest BCUT2D eigenvalue weighted by atomic mass is 35.5. The van der Waals surface area contributed by atoms with Gasteiger partial charge in [-0.05, 0) is 12.1 Å². The normalized spacial score (nSPS) is 9.25. The summed E-state index contributed by atoms with van der Waals surface area (Å²) in [4.78, 5) is 11.3. The van der Waals surface area contributed by atoms with E-state index in [4.69, 9.17) is 16.9 Å². The summed E-state index contributed by atoms with van der Waals surface area (Å²) < 4.78 is 0. The van der Waals surface area contributed by atoms with E-state index in [1.54, 1.807) is 12.1 Å². The molecule has 0 spiro atoms. The van der Waals surface area contributed by atoms with Crippen molar-refractivity contribution in [1.82, 2.24) is 5.32 Å². The predicted octanol–water partition coefficient (Wildman–Crippen LogP) is 1.78. The topological polar surface area (TPSA) is 64.9 Å². The highest BCUT2D eigenvalue weighted by Gasteiger charge is 2.02. The Hall–Kier alpha value is -1.73. The number of anilines is 1. The molecule has 0 unspecified atom stereocenters. The van der Waals surface area contributed by atoms with Crippen LogP contribution in [0.3, 0.4) is 0 Å². The van der Waals surface area contributed by atoms with E-state index in [0.717, 1.165) is 5.69 Å². The van der Waals surface area contributed by atoms with Crippen LogP contribution in [0.25, 0.3) is 0 Å². The summed E-state index contributed by atoms with van der Waals surface area (Å²) in [5.41, 5.74) is 0.722. The number of carbonyl (C=O) groups excluding carboxylic acids is 1. The zero-order chi connectivity index (χ0) is 11.8. The molecule has 1 rings (SSSR count). The van der Waals surface area contributed by atoms with Crippen LogP contribution < -0.4 is 10.6 Å². The summed E-state index contributed by atoms with van der Waals surface area (Å²) in [6.07, 6.45) is 0.317. The molecule has 16 heavy (non-hydrogen) atoms. The highest BCUT2D eigenvalue weighted by molar-refractivity contribution is 6.33. The molecular formula is C11H12ClN3O. The lowest BCUT2D eigenvalue weighted by molar-refractivity contribution is -0.119. The van der Waals surface area contributed by atoms with E-state index in [9.17, 15) is 4.79 Å². The fraction of sp³-hybridized carbons (Fsp3) is 0.273. The van der Waals surface area contributed by atoms with Gasteiger partial charge in [-0.15, -0.1) is 0 Å². The number of carbonyl (C=O) groups is 1. The van der Waals surface area contributed by atoms with Crippen molar-refractivity contribution in [3.8, 4) is 6.07 Å². The summed E-state index contributed by atoms with van der Waals surface area (Å²) in [5.74, 6) is -0.157. The van der Waals surface area contributed by atoms with Gasteiger partial charge in [-0.2, -0.15) is 5.26 Å². The van der Waals surface area contributed by atoms with E-state index in [-0.39, 0.29) is 12.5 Å². The van der Waals surface area contributed by atoms with Crippen LogP contribution in [0.1, 0.15) is 6.42 Å². The molecule has 0 aromatic heterocycles. The van der Waals surface area contributed by atoms with Crippen molar-refractivity contribution in [3.63, 3.8) is 0 Å². The Bertz CT molecular complexity index is 400. The second-order valence-corrected chi connectivity index (χ2v) is 3.50. The molecule has 0 fully saturated rings. The van der Waals surface area contributed by atoms with Crippen molar-refractivity contribution in [3.05, 3.63) is 29.3 Å². The average molecular weight is 238 g/mol. The molecule has 0 atom stereocenters. The second-order valence-electron chi connectivity index (χ2n) is 3.09. The van der Waals surface area contributed by atoms with Gasteiger partial charge in [-0.3, -0.25) is 4.79 Å². The first kappa shape index (κ1) is 12.3. The molecule has 5 heteroatoms. The number of hydrogen-bond acceptors (Lipinski definition) is 3. The Morgan fingerprint density at radius 2 is 2.19 bits per heavy atom. The molecule has 0 saturated carbocycles. The Morgan fingerprint density at radius 1 is 1.44 bits per heavy atom. The first-order chi connectivity index (χ1) is 7.74. The van der Waals surface area contributed by atoms with Gasteiger partial charge >= 0.3 is 0 Å². The quantitative estimate of drug-likeness (QED) is 0.768. The van der Waals surface area contributed by atoms with Crippen LogP contribution in [0.5, 0.6) is 0 Å². The van der Waals surface area contributed by atoms with Gasteiger partial charge in [-0.25, -0.2) is 0 Å². The molecule has 84 valence electrons. The first-order valence-corrected chi connectivity index (χ1v) is 5.24. The molecule has 0 bridgehead atoms. The van der Waals surface area contributed by atoms with E-state index in [0.29, 0.717) is 18.0 Å². The third-order valence-electron chi connectivity index (χ3n) is 1.87. The number of hydrogen-bond donors (Lipinski definition) is 2. The number of amides is 1. The molecule has 1 aromatic rings. The summed E-state index contributed by atoms with van der Waals surface area (Å²) in [7, 11) is 0. The van der Waals surface area contributed by atoms with E-state index in [1.807, 2.05) is 18.2 Å². The largest absolute Gasteiger partial charge is 0.375 e. The maximum Gasteiger partial charge on any atom is 0.239 e. The molecule has 4 nitrogen and oxygen atoms in total. The maximum atomic E-state index is 11.3. The van der Waals surface area contributed by atoms with Crippen molar-refractivity contribution < 1.29 is 4.79 Å². The number of nitrogens with one attached hydrogen (secondary N) is 2. The van der Waals surface area contributed by atoms with Crippen molar-refractivity contribution in [1.29, 1.82) is 5.26 Å². The Labute approximate surface area is 99.2 Å². The minimum atomic E-state index is -0.157. The van der Waals surface area contributed by atoms with Gasteiger partial charge in [0.1, 0.15) is 0 Å². The predicted molar refractivity (Wildman–Crippen MR) is 63.2 cm³/mol. The number of benzene rings is 1. The van der Waals surface area contributed by atoms with Gasteiger partial charge in [0.2, 0.25) is 5.91 Å². The number of nitrogens with zero attached hydrogens (tertiary/aromatic N) is 1. The molecule has 2 N–H and O–H groups in total. The van der Waals surface area contributed by atoms with Gasteiger partial charge in [0.05, 0.1) is 29.7 Å². The minimum Gasteiger partial charge on any atom is -0.375 e. The van der Waals surface area contributed by atoms with Crippen LogP contribution in [-0.2, 0) is 4.79 Å². The third kappa shape index (κ3) is 4.20. The zero-order valence-electron chi connectivity index (χ0n) is 8.66. The number of para-hydroxylation sites is 1. The Balaban J connectivity index is 2.32. The Kier molecular flexibility index (Phi) is 5.17. The molecule has 1 aromatic carbocycles. The standard InChI is InChI=1S/C11H12ClN3O/c12-9-4-1-2-5-10(9)15-8-11(16)14-7-3-6-13/h1-2,4-5,15H,3,7-8H2,(H,14,16). The van der Waals surface area contributed by atoms with Crippen molar-refractivity contribution in [2.75, 3.05) is 18.4 Å². The van der Waals surface area contributed by atoms with Crippen molar-refractivity contribution in [2.45, 2.75) is 6.42 Å². The number of nitriles is 1.